The second kappa shape index (κ2) is 5.02. The van der Waals surface area contributed by atoms with Gasteiger partial charge in [-0.05, 0) is 32.1 Å². The molecule has 1 saturated heterocycles. The van der Waals surface area contributed by atoms with Crippen molar-refractivity contribution in [1.82, 2.24) is 9.80 Å². The van der Waals surface area contributed by atoms with Gasteiger partial charge in [0.05, 0.1) is 0 Å². The number of urea groups is 1. The molecule has 1 aliphatic rings. The number of likely N-dealkylation sites (tertiary alicyclic amines) is 1. The first-order valence-corrected chi connectivity index (χ1v) is 6.79. The number of rotatable bonds is 2. The van der Waals surface area contributed by atoms with E-state index in [0.29, 0.717) is 13.0 Å². The number of carboxylic acids is 1. The first-order chi connectivity index (χ1) is 8.51. The lowest BCUT2D eigenvalue weighted by molar-refractivity contribution is -0.147. The summed E-state index contributed by atoms with van der Waals surface area (Å²) in [6, 6.07) is -0.150. The van der Waals surface area contributed by atoms with Crippen molar-refractivity contribution in [3.63, 3.8) is 0 Å². The second-order valence-corrected chi connectivity index (χ2v) is 6.77. The highest BCUT2D eigenvalue weighted by Gasteiger charge is 2.47. The summed E-state index contributed by atoms with van der Waals surface area (Å²) < 4.78 is 0. The van der Waals surface area contributed by atoms with E-state index in [0.717, 1.165) is 6.42 Å². The van der Waals surface area contributed by atoms with Crippen molar-refractivity contribution in [2.24, 2.45) is 5.41 Å². The van der Waals surface area contributed by atoms with E-state index in [-0.39, 0.29) is 17.5 Å². The van der Waals surface area contributed by atoms with Gasteiger partial charge in [0, 0.05) is 19.6 Å². The smallest absolute Gasteiger partial charge is 0.329 e. The lowest BCUT2D eigenvalue weighted by Gasteiger charge is -2.40. The van der Waals surface area contributed by atoms with Crippen LogP contribution in [0.5, 0.6) is 0 Å². The molecule has 0 aliphatic carbocycles. The van der Waals surface area contributed by atoms with Crippen LogP contribution in [0.1, 0.15) is 47.5 Å². The van der Waals surface area contributed by atoms with Crippen LogP contribution in [0, 0.1) is 5.41 Å². The molecule has 0 bridgehead atoms. The lowest BCUT2D eigenvalue weighted by Crippen LogP contribution is -2.57. The number of hydrogen-bond acceptors (Lipinski definition) is 2. The lowest BCUT2D eigenvalue weighted by atomic mass is 9.87. The summed E-state index contributed by atoms with van der Waals surface area (Å²) in [5.74, 6) is -0.921. The molecule has 0 aromatic carbocycles. The third-order valence-electron chi connectivity index (χ3n) is 4.47. The molecule has 0 saturated carbocycles. The zero-order chi connectivity index (χ0) is 15.0. The molecule has 1 N–H and O–H groups in total. The van der Waals surface area contributed by atoms with Crippen LogP contribution in [0.3, 0.4) is 0 Å². The normalized spacial score (nSPS) is 25.3. The fourth-order valence-corrected chi connectivity index (χ4v) is 2.43. The number of aliphatic carboxylic acids is 1. The molecule has 110 valence electrons. The zero-order valence-corrected chi connectivity index (χ0v) is 12.9. The molecule has 1 heterocycles. The van der Waals surface area contributed by atoms with Crippen LogP contribution in [-0.2, 0) is 4.79 Å². The Labute approximate surface area is 115 Å². The molecule has 1 aliphatic heterocycles. The molecule has 0 aromatic heterocycles. The molecule has 2 atom stereocenters. The maximum atomic E-state index is 12.5. The van der Waals surface area contributed by atoms with Gasteiger partial charge in [0.15, 0.2) is 0 Å². The number of carbonyl (C=O) groups excluding carboxylic acids is 1. The highest BCUT2D eigenvalue weighted by Crippen LogP contribution is 2.32. The Morgan fingerprint density at radius 3 is 2.32 bits per heavy atom. The summed E-state index contributed by atoms with van der Waals surface area (Å²) >= 11 is 0. The van der Waals surface area contributed by atoms with Gasteiger partial charge in [0.1, 0.15) is 5.54 Å². The summed E-state index contributed by atoms with van der Waals surface area (Å²) in [4.78, 5) is 27.1. The van der Waals surface area contributed by atoms with Gasteiger partial charge in [-0.2, -0.15) is 0 Å². The summed E-state index contributed by atoms with van der Waals surface area (Å²) in [5, 5.41) is 9.36. The van der Waals surface area contributed by atoms with Crippen LogP contribution in [0.4, 0.5) is 4.79 Å². The van der Waals surface area contributed by atoms with Gasteiger partial charge in [-0.15, -0.1) is 0 Å². The molecule has 2 unspecified atom stereocenters. The first kappa shape index (κ1) is 15.8. The van der Waals surface area contributed by atoms with Crippen molar-refractivity contribution in [3.8, 4) is 0 Å². The minimum atomic E-state index is -1.07. The molecular weight excluding hydrogens is 244 g/mol. The van der Waals surface area contributed by atoms with Gasteiger partial charge in [-0.1, -0.05) is 20.8 Å². The van der Waals surface area contributed by atoms with Crippen LogP contribution in [-0.4, -0.2) is 52.1 Å². The van der Waals surface area contributed by atoms with Crippen molar-refractivity contribution < 1.29 is 14.7 Å². The average Bonchev–Trinajstić information content (AvgIpc) is 2.68. The van der Waals surface area contributed by atoms with E-state index in [1.165, 1.54) is 4.90 Å². The second-order valence-electron chi connectivity index (χ2n) is 6.77. The Kier molecular flexibility index (Phi) is 4.17. The van der Waals surface area contributed by atoms with E-state index < -0.39 is 11.5 Å². The van der Waals surface area contributed by atoms with Crippen LogP contribution in [0.25, 0.3) is 0 Å². The van der Waals surface area contributed by atoms with E-state index >= 15 is 0 Å². The SMILES string of the molecule is CC(N(C)C(=O)N1CCCC1(C)C(=O)O)C(C)(C)C. The molecule has 0 spiro atoms. The Morgan fingerprint density at radius 1 is 1.37 bits per heavy atom. The predicted molar refractivity (Wildman–Crippen MR) is 74.1 cm³/mol. The van der Waals surface area contributed by atoms with Gasteiger partial charge in [-0.3, -0.25) is 0 Å². The molecule has 1 fully saturated rings. The molecule has 5 heteroatoms. The summed E-state index contributed by atoms with van der Waals surface area (Å²) in [6.07, 6.45) is 1.26. The summed E-state index contributed by atoms with van der Waals surface area (Å²) in [7, 11) is 1.75. The third kappa shape index (κ3) is 2.85. The van der Waals surface area contributed by atoms with Crippen molar-refractivity contribution in [1.29, 1.82) is 0 Å². The number of hydrogen-bond donors (Lipinski definition) is 1. The predicted octanol–water partition coefficient (Wildman–Crippen LogP) is 2.41. The van der Waals surface area contributed by atoms with Gasteiger partial charge in [0.25, 0.3) is 0 Å². The van der Waals surface area contributed by atoms with Gasteiger partial charge in [0.2, 0.25) is 0 Å². The zero-order valence-electron chi connectivity index (χ0n) is 12.9. The topological polar surface area (TPSA) is 60.9 Å². The van der Waals surface area contributed by atoms with E-state index in [2.05, 4.69) is 20.8 Å². The number of carbonyl (C=O) groups is 2. The highest BCUT2D eigenvalue weighted by molar-refractivity contribution is 5.86. The van der Waals surface area contributed by atoms with Crippen molar-refractivity contribution in [2.45, 2.75) is 59.0 Å². The molecular formula is C14H26N2O3. The maximum Gasteiger partial charge on any atom is 0.329 e. The number of nitrogens with zero attached hydrogens (tertiary/aromatic N) is 2. The van der Waals surface area contributed by atoms with Crippen LogP contribution in [0.2, 0.25) is 0 Å². The standard InChI is InChI=1S/C14H26N2O3/c1-10(13(2,3)4)15(6)12(19)16-9-7-8-14(16,5)11(17)18/h10H,7-9H2,1-6H3,(H,17,18). The van der Waals surface area contributed by atoms with Gasteiger partial charge >= 0.3 is 12.0 Å². The molecule has 2 amide bonds. The summed E-state index contributed by atoms with van der Waals surface area (Å²) in [5.41, 5.74) is -1.10. The first-order valence-electron chi connectivity index (χ1n) is 6.79. The molecule has 5 nitrogen and oxygen atoms in total. The van der Waals surface area contributed by atoms with Crippen molar-refractivity contribution >= 4 is 12.0 Å². The Bertz CT molecular complexity index is 375. The van der Waals surface area contributed by atoms with Crippen molar-refractivity contribution in [3.05, 3.63) is 0 Å². The quantitative estimate of drug-likeness (QED) is 0.838. The van der Waals surface area contributed by atoms with E-state index in [1.54, 1.807) is 18.9 Å². The fourth-order valence-electron chi connectivity index (χ4n) is 2.43. The van der Waals surface area contributed by atoms with Crippen LogP contribution in [0.15, 0.2) is 0 Å². The van der Waals surface area contributed by atoms with Gasteiger partial charge in [-0.25, -0.2) is 9.59 Å². The highest BCUT2D eigenvalue weighted by atomic mass is 16.4. The third-order valence-corrected chi connectivity index (χ3v) is 4.47. The molecule has 0 aromatic rings. The Hall–Kier alpha value is -1.26. The number of carboxylic acid groups (broad SMARTS) is 1. The van der Waals surface area contributed by atoms with Gasteiger partial charge < -0.3 is 14.9 Å². The molecule has 1 rings (SSSR count). The minimum Gasteiger partial charge on any atom is -0.480 e. The van der Waals surface area contributed by atoms with Crippen LogP contribution < -0.4 is 0 Å². The molecule has 0 radical (unpaired) electrons. The van der Waals surface area contributed by atoms with E-state index in [4.69, 9.17) is 0 Å². The molecule has 19 heavy (non-hydrogen) atoms. The van der Waals surface area contributed by atoms with Crippen molar-refractivity contribution in [2.75, 3.05) is 13.6 Å². The monoisotopic (exact) mass is 270 g/mol. The Morgan fingerprint density at radius 2 is 1.89 bits per heavy atom. The largest absolute Gasteiger partial charge is 0.480 e. The maximum absolute atomic E-state index is 12.5. The fraction of sp³-hybridized carbons (Fsp3) is 0.857. The average molecular weight is 270 g/mol. The number of amides is 2. The Balaban J connectivity index is 2.92. The van der Waals surface area contributed by atoms with E-state index in [1.807, 2.05) is 6.92 Å². The van der Waals surface area contributed by atoms with Crippen LogP contribution >= 0.6 is 0 Å². The van der Waals surface area contributed by atoms with E-state index in [9.17, 15) is 14.7 Å². The summed E-state index contributed by atoms with van der Waals surface area (Å²) in [6.45, 7) is 10.4. The minimum absolute atomic E-state index is 0.0379.